The summed E-state index contributed by atoms with van der Waals surface area (Å²) in [6.07, 6.45) is 64.7. The number of carbonyl (C=O) groups is 3. The average Bonchev–Trinajstić information content (AvgIpc) is 3.28. The van der Waals surface area contributed by atoms with Gasteiger partial charge in [0, 0.05) is 19.3 Å². The Balaban J connectivity index is 4.44. The molecule has 0 aromatic rings. The van der Waals surface area contributed by atoms with Crippen LogP contribution in [-0.4, -0.2) is 37.2 Å². The van der Waals surface area contributed by atoms with E-state index >= 15 is 0 Å². The number of carbonyl (C=O) groups excluding carboxylic acids is 3. The van der Waals surface area contributed by atoms with Crippen molar-refractivity contribution in [1.82, 2.24) is 0 Å². The van der Waals surface area contributed by atoms with Crippen molar-refractivity contribution >= 4 is 17.9 Å². The van der Waals surface area contributed by atoms with E-state index in [4.69, 9.17) is 14.2 Å². The summed E-state index contributed by atoms with van der Waals surface area (Å²) in [5, 5.41) is 0. The van der Waals surface area contributed by atoms with Gasteiger partial charge in [0.1, 0.15) is 13.2 Å². The average molecular weight is 879 g/mol. The fourth-order valence-electron chi connectivity index (χ4n) is 7.29. The topological polar surface area (TPSA) is 78.9 Å². The van der Waals surface area contributed by atoms with E-state index in [2.05, 4.69) is 87.6 Å². The number of hydrogen-bond donors (Lipinski definition) is 0. The zero-order chi connectivity index (χ0) is 45.8. The molecule has 0 aliphatic rings. The fraction of sp³-hybridized carbons (Fsp3) is 0.737. The third-order valence-electron chi connectivity index (χ3n) is 11.2. The first-order chi connectivity index (χ1) is 31.0. The Morgan fingerprint density at radius 1 is 0.333 bits per heavy atom. The predicted molar refractivity (Wildman–Crippen MR) is 270 cm³/mol. The van der Waals surface area contributed by atoms with Crippen molar-refractivity contribution in [3.05, 3.63) is 72.9 Å². The predicted octanol–water partition coefficient (Wildman–Crippen LogP) is 17.4. The van der Waals surface area contributed by atoms with E-state index in [9.17, 15) is 14.4 Å². The van der Waals surface area contributed by atoms with Gasteiger partial charge in [0.25, 0.3) is 0 Å². The van der Waals surface area contributed by atoms with Crippen LogP contribution < -0.4 is 0 Å². The molecular weight excluding hydrogens is 781 g/mol. The summed E-state index contributed by atoms with van der Waals surface area (Å²) in [5.74, 6) is -0.979. The molecule has 0 aromatic heterocycles. The molecule has 0 rings (SSSR count). The van der Waals surface area contributed by atoms with Crippen LogP contribution in [0.25, 0.3) is 0 Å². The largest absolute Gasteiger partial charge is 0.462 e. The maximum Gasteiger partial charge on any atom is 0.306 e. The van der Waals surface area contributed by atoms with Gasteiger partial charge in [-0.2, -0.15) is 0 Å². The normalized spacial score (nSPS) is 12.6. The molecule has 0 saturated carbocycles. The lowest BCUT2D eigenvalue weighted by atomic mass is 10.0. The van der Waals surface area contributed by atoms with Crippen LogP contribution in [0, 0.1) is 0 Å². The third kappa shape index (κ3) is 49.7. The van der Waals surface area contributed by atoms with E-state index in [1.807, 2.05) is 6.08 Å². The Hall–Kier alpha value is -3.15. The summed E-state index contributed by atoms with van der Waals surface area (Å²) in [6, 6.07) is 0. The molecule has 0 spiro atoms. The van der Waals surface area contributed by atoms with Crippen LogP contribution in [0.15, 0.2) is 72.9 Å². The Labute approximate surface area is 389 Å². The molecule has 63 heavy (non-hydrogen) atoms. The van der Waals surface area contributed by atoms with Crippen molar-refractivity contribution in [2.75, 3.05) is 13.2 Å². The highest BCUT2D eigenvalue weighted by Gasteiger charge is 2.19. The van der Waals surface area contributed by atoms with Gasteiger partial charge in [-0.05, 0) is 57.8 Å². The maximum atomic E-state index is 12.8. The van der Waals surface area contributed by atoms with Gasteiger partial charge in [-0.3, -0.25) is 14.4 Å². The van der Waals surface area contributed by atoms with Crippen molar-refractivity contribution in [3.63, 3.8) is 0 Å². The highest BCUT2D eigenvalue weighted by Crippen LogP contribution is 2.15. The van der Waals surface area contributed by atoms with Gasteiger partial charge in [0.05, 0.1) is 0 Å². The summed E-state index contributed by atoms with van der Waals surface area (Å²) >= 11 is 0. The smallest absolute Gasteiger partial charge is 0.306 e. The number of ether oxygens (including phenoxy) is 3. The standard InChI is InChI=1S/C57H98O6/c1-4-7-10-13-16-19-22-24-26-28-29-30-32-33-35-38-41-44-47-50-56(59)62-53-54(52-61-55(58)49-46-43-40-37-21-18-15-12-9-6-3)63-57(60)51-48-45-42-39-36-34-31-27-25-23-20-17-14-11-8-5-2/h7,10,16,19,24,26,29-30,33,35,41,44,54H,4-6,8-9,11-15,17-18,20-23,25,27-28,31-32,34,36-40,42-43,45-53H2,1-3H3/b10-7-,19-16-,26-24-,30-29-,35-33-,44-41-. The van der Waals surface area contributed by atoms with Crippen LogP contribution in [0.4, 0.5) is 0 Å². The molecule has 0 bridgehead atoms. The van der Waals surface area contributed by atoms with Crippen molar-refractivity contribution in [1.29, 1.82) is 0 Å². The summed E-state index contributed by atoms with van der Waals surface area (Å²) in [7, 11) is 0. The SMILES string of the molecule is CC/C=C\C/C=C\C/C=C\C/C=C\C/C=C\C/C=C\CCC(=O)OCC(COC(=O)CCCCCCCCCCCC)OC(=O)CCCCCCCCCCCCCCCCCC. The Bertz CT molecular complexity index is 1190. The number of rotatable bonds is 47. The first kappa shape index (κ1) is 59.9. The summed E-state index contributed by atoms with van der Waals surface area (Å²) in [4.78, 5) is 37.9. The van der Waals surface area contributed by atoms with Crippen LogP contribution in [0.3, 0.4) is 0 Å². The molecule has 0 radical (unpaired) electrons. The Morgan fingerprint density at radius 3 is 0.968 bits per heavy atom. The van der Waals surface area contributed by atoms with E-state index < -0.39 is 6.10 Å². The second-order valence-electron chi connectivity index (χ2n) is 17.4. The van der Waals surface area contributed by atoms with Crippen LogP contribution >= 0.6 is 0 Å². The molecular formula is C57H98O6. The zero-order valence-electron chi connectivity index (χ0n) is 41.3. The molecule has 0 amide bonds. The van der Waals surface area contributed by atoms with E-state index in [0.29, 0.717) is 19.3 Å². The summed E-state index contributed by atoms with van der Waals surface area (Å²) < 4.78 is 16.7. The Morgan fingerprint density at radius 2 is 0.619 bits per heavy atom. The molecule has 0 aromatic carbocycles. The number of unbranched alkanes of at least 4 members (excludes halogenated alkanes) is 24. The van der Waals surface area contributed by atoms with Gasteiger partial charge in [0.15, 0.2) is 6.10 Å². The van der Waals surface area contributed by atoms with Gasteiger partial charge in [-0.15, -0.1) is 0 Å². The molecule has 0 aliphatic carbocycles. The minimum atomic E-state index is -0.801. The van der Waals surface area contributed by atoms with Crippen LogP contribution in [-0.2, 0) is 28.6 Å². The molecule has 1 atom stereocenters. The molecule has 0 fully saturated rings. The highest BCUT2D eigenvalue weighted by atomic mass is 16.6. The van der Waals surface area contributed by atoms with Gasteiger partial charge in [-0.1, -0.05) is 248 Å². The maximum absolute atomic E-state index is 12.8. The molecule has 362 valence electrons. The van der Waals surface area contributed by atoms with E-state index in [1.165, 1.54) is 128 Å². The van der Waals surface area contributed by atoms with E-state index in [1.54, 1.807) is 0 Å². The lowest BCUT2D eigenvalue weighted by Gasteiger charge is -2.18. The second-order valence-corrected chi connectivity index (χ2v) is 17.4. The molecule has 6 heteroatoms. The zero-order valence-corrected chi connectivity index (χ0v) is 41.3. The number of allylic oxidation sites excluding steroid dienone is 12. The third-order valence-corrected chi connectivity index (χ3v) is 11.2. The molecule has 0 saturated heterocycles. The van der Waals surface area contributed by atoms with Gasteiger partial charge >= 0.3 is 17.9 Å². The highest BCUT2D eigenvalue weighted by molar-refractivity contribution is 5.71. The van der Waals surface area contributed by atoms with Crippen LogP contribution in [0.5, 0.6) is 0 Å². The second kappa shape index (κ2) is 51.5. The minimum Gasteiger partial charge on any atom is -0.462 e. The number of esters is 3. The van der Waals surface area contributed by atoms with Crippen molar-refractivity contribution in [3.8, 4) is 0 Å². The first-order valence-electron chi connectivity index (χ1n) is 26.4. The minimum absolute atomic E-state index is 0.0955. The fourth-order valence-corrected chi connectivity index (χ4v) is 7.29. The van der Waals surface area contributed by atoms with Gasteiger partial charge in [-0.25, -0.2) is 0 Å². The molecule has 0 aliphatic heterocycles. The van der Waals surface area contributed by atoms with Crippen molar-refractivity contribution in [2.45, 2.75) is 258 Å². The van der Waals surface area contributed by atoms with E-state index in [0.717, 1.165) is 77.0 Å². The summed E-state index contributed by atoms with van der Waals surface area (Å²) in [6.45, 7) is 6.46. The van der Waals surface area contributed by atoms with E-state index in [-0.39, 0.29) is 37.5 Å². The number of hydrogen-bond acceptors (Lipinski definition) is 6. The van der Waals surface area contributed by atoms with Crippen molar-refractivity contribution < 1.29 is 28.6 Å². The molecule has 0 heterocycles. The lowest BCUT2D eigenvalue weighted by molar-refractivity contribution is -0.166. The molecule has 0 N–H and O–H groups in total. The monoisotopic (exact) mass is 879 g/mol. The van der Waals surface area contributed by atoms with Crippen molar-refractivity contribution in [2.24, 2.45) is 0 Å². The molecule has 1 unspecified atom stereocenters. The van der Waals surface area contributed by atoms with Crippen LogP contribution in [0.1, 0.15) is 252 Å². The quantitative estimate of drug-likeness (QED) is 0.0262. The molecule has 6 nitrogen and oxygen atoms in total. The lowest BCUT2D eigenvalue weighted by Crippen LogP contribution is -2.30. The van der Waals surface area contributed by atoms with Gasteiger partial charge < -0.3 is 14.2 Å². The Kier molecular flexibility index (Phi) is 48.9. The van der Waals surface area contributed by atoms with Crippen LogP contribution in [0.2, 0.25) is 0 Å². The summed E-state index contributed by atoms with van der Waals surface area (Å²) in [5.41, 5.74) is 0. The first-order valence-corrected chi connectivity index (χ1v) is 26.4. The van der Waals surface area contributed by atoms with Gasteiger partial charge in [0.2, 0.25) is 0 Å².